The highest BCUT2D eigenvalue weighted by molar-refractivity contribution is 6.31. The Kier molecular flexibility index (Phi) is 3.63. The van der Waals surface area contributed by atoms with Crippen molar-refractivity contribution >= 4 is 23.9 Å². The van der Waals surface area contributed by atoms with Gasteiger partial charge in [-0.3, -0.25) is 4.79 Å². The number of aldehydes is 1. The summed E-state index contributed by atoms with van der Waals surface area (Å²) in [6.45, 7) is 6.26. The van der Waals surface area contributed by atoms with Gasteiger partial charge in [-0.05, 0) is 5.41 Å². The van der Waals surface area contributed by atoms with E-state index in [1.54, 1.807) is 0 Å². The maximum absolute atomic E-state index is 11.3. The molecular formula is C11H17ClN2O2. The molecule has 1 aliphatic rings. The van der Waals surface area contributed by atoms with E-state index < -0.39 is 6.03 Å². The highest BCUT2D eigenvalue weighted by Crippen LogP contribution is 2.35. The molecule has 16 heavy (non-hydrogen) atoms. The number of halogens is 1. The van der Waals surface area contributed by atoms with Crippen LogP contribution in [0.4, 0.5) is 4.79 Å². The largest absolute Gasteiger partial charge is 0.351 e. The number of hydrogen-bond donors (Lipinski definition) is 1. The van der Waals surface area contributed by atoms with E-state index in [4.69, 9.17) is 17.3 Å². The Morgan fingerprint density at radius 2 is 2.12 bits per heavy atom. The maximum atomic E-state index is 11.3. The number of urea groups is 1. The second kappa shape index (κ2) is 4.45. The van der Waals surface area contributed by atoms with Crippen molar-refractivity contribution in [1.29, 1.82) is 0 Å². The topological polar surface area (TPSA) is 63.4 Å². The number of nitrogens with zero attached hydrogens (tertiary/aromatic N) is 1. The van der Waals surface area contributed by atoms with Gasteiger partial charge in [-0.2, -0.15) is 0 Å². The van der Waals surface area contributed by atoms with Crippen molar-refractivity contribution in [3.63, 3.8) is 0 Å². The molecule has 0 fully saturated rings. The smallest absolute Gasteiger partial charge is 0.315 e. The van der Waals surface area contributed by atoms with Gasteiger partial charge in [0.2, 0.25) is 0 Å². The summed E-state index contributed by atoms with van der Waals surface area (Å²) in [5, 5.41) is 0.535. The van der Waals surface area contributed by atoms with Gasteiger partial charge in [0.15, 0.2) is 0 Å². The summed E-state index contributed by atoms with van der Waals surface area (Å²) in [6, 6.07) is -0.579. The Balaban J connectivity index is 3.06. The molecule has 0 aromatic carbocycles. The lowest BCUT2D eigenvalue weighted by molar-refractivity contribution is -0.105. The second-order valence-electron chi connectivity index (χ2n) is 5.10. The van der Waals surface area contributed by atoms with Crippen molar-refractivity contribution < 1.29 is 9.59 Å². The molecule has 2 N–H and O–H groups in total. The minimum Gasteiger partial charge on any atom is -0.351 e. The van der Waals surface area contributed by atoms with Crippen LogP contribution in [0, 0.1) is 5.41 Å². The molecule has 1 heterocycles. The standard InChI is InChI=1S/C11H17ClN2O2/c1-11(2,3)9-4-8(12)7(6-15)5-14(9)10(13)16/h6,9H,4-5H2,1-3H3,(H2,13,16). The monoisotopic (exact) mass is 244 g/mol. The average molecular weight is 245 g/mol. The molecule has 5 heteroatoms. The van der Waals surface area contributed by atoms with Crippen LogP contribution in [0.5, 0.6) is 0 Å². The fraction of sp³-hybridized carbons (Fsp3) is 0.636. The van der Waals surface area contributed by atoms with E-state index in [0.29, 0.717) is 23.3 Å². The molecule has 2 amide bonds. The summed E-state index contributed by atoms with van der Waals surface area (Å²) < 4.78 is 0. The van der Waals surface area contributed by atoms with Crippen LogP contribution in [0.15, 0.2) is 10.6 Å². The zero-order valence-corrected chi connectivity index (χ0v) is 10.5. The van der Waals surface area contributed by atoms with Gasteiger partial charge in [-0.1, -0.05) is 32.4 Å². The molecular weight excluding hydrogens is 228 g/mol. The van der Waals surface area contributed by atoms with Crippen LogP contribution < -0.4 is 5.73 Å². The third kappa shape index (κ3) is 2.55. The van der Waals surface area contributed by atoms with Gasteiger partial charge in [-0.25, -0.2) is 4.79 Å². The summed E-state index contributed by atoms with van der Waals surface area (Å²) >= 11 is 6.02. The minimum atomic E-state index is -0.511. The molecule has 1 aliphatic heterocycles. The highest BCUT2D eigenvalue weighted by Gasteiger charge is 2.36. The Morgan fingerprint density at radius 3 is 2.50 bits per heavy atom. The molecule has 0 radical (unpaired) electrons. The first-order valence-corrected chi connectivity index (χ1v) is 5.54. The zero-order chi connectivity index (χ0) is 12.5. The van der Waals surface area contributed by atoms with Gasteiger partial charge >= 0.3 is 6.03 Å². The lowest BCUT2D eigenvalue weighted by Gasteiger charge is -2.42. The van der Waals surface area contributed by atoms with Crippen LogP contribution >= 0.6 is 11.6 Å². The molecule has 90 valence electrons. The zero-order valence-electron chi connectivity index (χ0n) is 9.79. The van der Waals surface area contributed by atoms with Crippen molar-refractivity contribution in [2.24, 2.45) is 11.1 Å². The van der Waals surface area contributed by atoms with Crippen molar-refractivity contribution in [1.82, 2.24) is 4.90 Å². The minimum absolute atomic E-state index is 0.0683. The van der Waals surface area contributed by atoms with Crippen LogP contribution in [-0.2, 0) is 4.79 Å². The van der Waals surface area contributed by atoms with Crippen LogP contribution in [0.3, 0.4) is 0 Å². The van der Waals surface area contributed by atoms with Gasteiger partial charge in [0.1, 0.15) is 6.29 Å². The van der Waals surface area contributed by atoms with Gasteiger partial charge in [0.25, 0.3) is 0 Å². The van der Waals surface area contributed by atoms with E-state index >= 15 is 0 Å². The number of rotatable bonds is 1. The van der Waals surface area contributed by atoms with Crippen LogP contribution in [0.25, 0.3) is 0 Å². The van der Waals surface area contributed by atoms with Gasteiger partial charge in [0.05, 0.1) is 6.54 Å². The molecule has 0 spiro atoms. The summed E-state index contributed by atoms with van der Waals surface area (Å²) in [4.78, 5) is 23.6. The number of hydrogen-bond acceptors (Lipinski definition) is 2. The molecule has 1 rings (SSSR count). The first-order chi connectivity index (χ1) is 7.27. The highest BCUT2D eigenvalue weighted by atomic mass is 35.5. The Bertz CT molecular complexity index is 344. The van der Waals surface area contributed by atoms with Crippen LogP contribution in [0.2, 0.25) is 0 Å². The van der Waals surface area contributed by atoms with Gasteiger partial charge in [0, 0.05) is 23.1 Å². The van der Waals surface area contributed by atoms with E-state index in [2.05, 4.69) is 0 Å². The van der Waals surface area contributed by atoms with E-state index in [9.17, 15) is 9.59 Å². The molecule has 0 saturated carbocycles. The fourth-order valence-electron chi connectivity index (χ4n) is 1.90. The van der Waals surface area contributed by atoms with Crippen molar-refractivity contribution in [2.45, 2.75) is 33.2 Å². The lowest BCUT2D eigenvalue weighted by Crippen LogP contribution is -2.52. The van der Waals surface area contributed by atoms with Gasteiger partial charge in [-0.15, -0.1) is 0 Å². The molecule has 0 aromatic heterocycles. The molecule has 0 aliphatic carbocycles. The Morgan fingerprint density at radius 1 is 1.56 bits per heavy atom. The Labute approximate surface area is 100 Å². The molecule has 0 aromatic rings. The predicted molar refractivity (Wildman–Crippen MR) is 63.1 cm³/mol. The summed E-state index contributed by atoms with van der Waals surface area (Å²) in [7, 11) is 0. The third-order valence-electron chi connectivity index (χ3n) is 2.86. The first kappa shape index (κ1) is 13.0. The van der Waals surface area contributed by atoms with Gasteiger partial charge < -0.3 is 10.6 Å². The number of carbonyl (C=O) groups is 2. The number of amides is 2. The van der Waals surface area contributed by atoms with E-state index in [-0.39, 0.29) is 18.0 Å². The van der Waals surface area contributed by atoms with Crippen LogP contribution in [-0.4, -0.2) is 29.8 Å². The number of carbonyl (C=O) groups excluding carboxylic acids is 2. The van der Waals surface area contributed by atoms with E-state index in [1.165, 1.54) is 4.90 Å². The SMILES string of the molecule is CC(C)(C)C1CC(Cl)=C(C=O)CN1C(N)=O. The summed E-state index contributed by atoms with van der Waals surface area (Å²) in [5.74, 6) is 0. The molecule has 4 nitrogen and oxygen atoms in total. The lowest BCUT2D eigenvalue weighted by atomic mass is 9.81. The Hall–Kier alpha value is -1.03. The summed E-state index contributed by atoms with van der Waals surface area (Å²) in [6.07, 6.45) is 1.18. The van der Waals surface area contributed by atoms with Crippen molar-refractivity contribution in [3.05, 3.63) is 10.6 Å². The van der Waals surface area contributed by atoms with E-state index in [0.717, 1.165) is 0 Å². The normalized spacial score (nSPS) is 22.2. The van der Waals surface area contributed by atoms with Crippen molar-refractivity contribution in [3.8, 4) is 0 Å². The second-order valence-corrected chi connectivity index (χ2v) is 5.56. The van der Waals surface area contributed by atoms with E-state index in [1.807, 2.05) is 20.8 Å². The molecule has 1 unspecified atom stereocenters. The number of nitrogens with two attached hydrogens (primary N) is 1. The number of primary amides is 1. The molecule has 1 atom stereocenters. The molecule has 0 bridgehead atoms. The predicted octanol–water partition coefficient (Wildman–Crippen LogP) is 1.88. The van der Waals surface area contributed by atoms with Crippen LogP contribution in [0.1, 0.15) is 27.2 Å². The fourth-order valence-corrected chi connectivity index (χ4v) is 2.15. The first-order valence-electron chi connectivity index (χ1n) is 5.16. The quantitative estimate of drug-likeness (QED) is 0.716. The average Bonchev–Trinajstić information content (AvgIpc) is 2.15. The molecule has 0 saturated heterocycles. The summed E-state index contributed by atoms with van der Waals surface area (Å²) in [5.41, 5.74) is 5.65. The maximum Gasteiger partial charge on any atom is 0.315 e. The van der Waals surface area contributed by atoms with Crippen molar-refractivity contribution in [2.75, 3.05) is 6.54 Å². The third-order valence-corrected chi connectivity index (χ3v) is 3.26.